The molecule has 0 saturated heterocycles. The van der Waals surface area contributed by atoms with Gasteiger partial charge < -0.3 is 20.0 Å². The van der Waals surface area contributed by atoms with Crippen LogP contribution in [-0.2, 0) is 15.8 Å². The molecule has 0 spiro atoms. The van der Waals surface area contributed by atoms with Crippen LogP contribution in [0.15, 0.2) is 24.3 Å². The van der Waals surface area contributed by atoms with E-state index in [1.165, 1.54) is 24.3 Å². The van der Waals surface area contributed by atoms with E-state index in [9.17, 15) is 9.36 Å². The molecule has 0 aliphatic rings. The van der Waals surface area contributed by atoms with Crippen LogP contribution in [0.4, 0.5) is 0 Å². The van der Waals surface area contributed by atoms with Gasteiger partial charge in [0.1, 0.15) is 11.8 Å². The van der Waals surface area contributed by atoms with Crippen molar-refractivity contribution in [3.8, 4) is 5.75 Å². The number of phenolic OH excluding ortho intramolecular Hbond substituents is 1. The van der Waals surface area contributed by atoms with Crippen molar-refractivity contribution >= 4 is 41.0 Å². The van der Waals surface area contributed by atoms with Gasteiger partial charge in [-0.15, -0.1) is 0 Å². The van der Waals surface area contributed by atoms with E-state index < -0.39 is 19.8 Å². The molecule has 0 saturated carbocycles. The number of hydrogen-bond donors (Lipinski definition) is 5. The molecular formula is C9H14NO6PPb. The molecule has 0 amide bonds. The van der Waals surface area contributed by atoms with Crippen LogP contribution in [-0.4, -0.2) is 59.3 Å². The van der Waals surface area contributed by atoms with Crippen LogP contribution >= 0.6 is 7.75 Å². The van der Waals surface area contributed by atoms with Gasteiger partial charge in [0.05, 0.1) is 0 Å². The van der Waals surface area contributed by atoms with Crippen LogP contribution in [0, 0.1) is 0 Å². The predicted molar refractivity (Wildman–Crippen MR) is 67.0 cm³/mol. The normalized spacial score (nSPS) is 12.6. The Labute approximate surface area is 123 Å². The number of hydrogen-bond acceptors (Lipinski definition) is 3. The Balaban J connectivity index is 0.00000289. The number of carboxylic acid groups (broad SMARTS) is 1. The fourth-order valence-corrected chi connectivity index (χ4v) is 1.87. The molecule has 100 valence electrons. The Morgan fingerprint density at radius 1 is 1.28 bits per heavy atom. The van der Waals surface area contributed by atoms with Crippen molar-refractivity contribution in [1.29, 1.82) is 0 Å². The van der Waals surface area contributed by atoms with Gasteiger partial charge in [-0.25, -0.2) is 9.65 Å². The molecule has 2 radical (unpaired) electrons. The zero-order valence-electron chi connectivity index (χ0n) is 9.35. The average Bonchev–Trinajstić information content (AvgIpc) is 2.18. The number of nitrogens with one attached hydrogen (secondary N) is 1. The molecular weight excluding hydrogens is 456 g/mol. The first-order chi connectivity index (χ1) is 7.78. The summed E-state index contributed by atoms with van der Waals surface area (Å²) < 4.78 is 10.7. The Bertz CT molecular complexity index is 445. The maximum atomic E-state index is 10.8. The van der Waals surface area contributed by atoms with Crippen LogP contribution in [0.1, 0.15) is 5.56 Å². The standard InChI is InChI=1S/C9H12NO6P.Pb.2H/c11-7-3-1-6(2-4-7)5-8(9(12)13)10-17(14,15)16;;;/h1-4,8,11H,5H2,(H,12,13)(H3,10,14,15,16);;;. The third-order valence-corrected chi connectivity index (χ3v) is 2.65. The average molecular weight is 470 g/mol. The molecule has 0 aromatic heterocycles. The fourth-order valence-electron chi connectivity index (χ4n) is 1.26. The summed E-state index contributed by atoms with van der Waals surface area (Å²) in [6.07, 6.45) is -0.0965. The molecule has 7 nitrogen and oxygen atoms in total. The third-order valence-electron chi connectivity index (χ3n) is 2.00. The first-order valence-corrected chi connectivity index (χ1v) is 6.23. The fraction of sp³-hybridized carbons (Fsp3) is 0.222. The van der Waals surface area contributed by atoms with Gasteiger partial charge in [0.25, 0.3) is 0 Å². The molecule has 0 bridgehead atoms. The second-order valence-electron chi connectivity index (χ2n) is 3.43. The molecule has 0 fully saturated rings. The van der Waals surface area contributed by atoms with Crippen molar-refractivity contribution < 1.29 is 29.4 Å². The van der Waals surface area contributed by atoms with Crippen LogP contribution in [0.2, 0.25) is 0 Å². The van der Waals surface area contributed by atoms with Crippen LogP contribution < -0.4 is 5.09 Å². The molecule has 1 rings (SSSR count). The van der Waals surface area contributed by atoms with Crippen molar-refractivity contribution in [2.75, 3.05) is 0 Å². The van der Waals surface area contributed by atoms with E-state index in [0.717, 1.165) is 0 Å². The van der Waals surface area contributed by atoms with Gasteiger partial charge >= 0.3 is 41.0 Å². The molecule has 1 aromatic rings. The van der Waals surface area contributed by atoms with Crippen LogP contribution in [0.3, 0.4) is 0 Å². The van der Waals surface area contributed by atoms with Gasteiger partial charge in [-0.1, -0.05) is 12.1 Å². The number of carboxylic acids is 1. The Morgan fingerprint density at radius 3 is 2.17 bits per heavy atom. The summed E-state index contributed by atoms with van der Waals surface area (Å²) in [5, 5.41) is 19.6. The number of rotatable bonds is 5. The second-order valence-corrected chi connectivity index (χ2v) is 4.78. The number of benzene rings is 1. The van der Waals surface area contributed by atoms with Gasteiger partial charge in [-0.3, -0.25) is 4.79 Å². The SMILES string of the molecule is O=C(O)C(Cc1ccc(O)cc1)NP(=O)(O)O.[PbH2]. The van der Waals surface area contributed by atoms with E-state index in [4.69, 9.17) is 20.0 Å². The van der Waals surface area contributed by atoms with E-state index in [-0.39, 0.29) is 39.5 Å². The molecule has 1 aromatic carbocycles. The van der Waals surface area contributed by atoms with Crippen LogP contribution in [0.5, 0.6) is 5.75 Å². The molecule has 0 aliphatic heterocycles. The predicted octanol–water partition coefficient (Wildman–Crippen LogP) is -0.846. The minimum absolute atomic E-state index is 0. The van der Waals surface area contributed by atoms with Gasteiger partial charge in [0.15, 0.2) is 0 Å². The van der Waals surface area contributed by atoms with Crippen LogP contribution in [0.25, 0.3) is 0 Å². The van der Waals surface area contributed by atoms with Gasteiger partial charge in [-0.2, -0.15) is 0 Å². The summed E-state index contributed by atoms with van der Waals surface area (Å²) in [5.74, 6) is -1.33. The summed E-state index contributed by atoms with van der Waals surface area (Å²) in [6.45, 7) is 0. The summed E-state index contributed by atoms with van der Waals surface area (Å²) in [6, 6.07) is 4.30. The molecule has 0 aliphatic carbocycles. The zero-order chi connectivity index (χ0) is 13.1. The van der Waals surface area contributed by atoms with Gasteiger partial charge in [-0.05, 0) is 24.1 Å². The van der Waals surface area contributed by atoms with E-state index in [1.54, 1.807) is 5.09 Å². The molecule has 18 heavy (non-hydrogen) atoms. The van der Waals surface area contributed by atoms with Crippen molar-refractivity contribution in [3.63, 3.8) is 0 Å². The van der Waals surface area contributed by atoms with Gasteiger partial charge in [0, 0.05) is 0 Å². The first kappa shape index (κ1) is 17.5. The zero-order valence-corrected chi connectivity index (χ0v) is 15.7. The molecule has 9 heteroatoms. The summed E-state index contributed by atoms with van der Waals surface area (Å²) in [5.41, 5.74) is 0.538. The van der Waals surface area contributed by atoms with Crippen molar-refractivity contribution in [2.24, 2.45) is 0 Å². The Morgan fingerprint density at radius 2 is 1.78 bits per heavy atom. The van der Waals surface area contributed by atoms with Crippen molar-refractivity contribution in [1.82, 2.24) is 5.09 Å². The van der Waals surface area contributed by atoms with Crippen molar-refractivity contribution in [3.05, 3.63) is 29.8 Å². The number of phenols is 1. The minimum atomic E-state index is -4.60. The molecule has 0 heterocycles. The monoisotopic (exact) mass is 471 g/mol. The quantitative estimate of drug-likeness (QED) is 0.280. The number of aliphatic carboxylic acids is 1. The topological polar surface area (TPSA) is 127 Å². The maximum absolute atomic E-state index is 10.8. The van der Waals surface area contributed by atoms with Crippen molar-refractivity contribution in [2.45, 2.75) is 12.5 Å². The summed E-state index contributed by atoms with van der Waals surface area (Å²) in [4.78, 5) is 28.1. The summed E-state index contributed by atoms with van der Waals surface area (Å²) in [7, 11) is -4.60. The Kier molecular flexibility index (Phi) is 7.00. The number of aromatic hydroxyl groups is 1. The van der Waals surface area contributed by atoms with E-state index >= 15 is 0 Å². The number of carbonyl (C=O) groups is 1. The Hall–Kier alpha value is -0.478. The molecule has 1 atom stereocenters. The molecule has 5 N–H and O–H groups in total. The first-order valence-electron chi connectivity index (χ1n) is 4.62. The summed E-state index contributed by atoms with van der Waals surface area (Å²) >= 11 is 0. The molecule has 1 unspecified atom stereocenters. The van der Waals surface area contributed by atoms with E-state index in [0.29, 0.717) is 5.56 Å². The van der Waals surface area contributed by atoms with E-state index in [2.05, 4.69) is 0 Å². The second kappa shape index (κ2) is 7.19. The van der Waals surface area contributed by atoms with E-state index in [1.807, 2.05) is 0 Å². The third kappa shape index (κ3) is 6.45. The van der Waals surface area contributed by atoms with Gasteiger partial charge in [0.2, 0.25) is 0 Å².